The van der Waals surface area contributed by atoms with Gasteiger partial charge in [0.15, 0.2) is 0 Å². The summed E-state index contributed by atoms with van der Waals surface area (Å²) < 4.78 is 1.03. The topological polar surface area (TPSA) is 42.2 Å². The molecule has 2 heterocycles. The molecule has 0 saturated carbocycles. The van der Waals surface area contributed by atoms with Gasteiger partial charge in [0.2, 0.25) is 0 Å². The molecule has 1 aromatic heterocycles. The van der Waals surface area contributed by atoms with Crippen LogP contribution in [0.2, 0.25) is 0 Å². The van der Waals surface area contributed by atoms with E-state index in [0.717, 1.165) is 29.3 Å². The molecule has 2 N–H and O–H groups in total. The first-order chi connectivity index (χ1) is 7.16. The van der Waals surface area contributed by atoms with Gasteiger partial charge in [0.05, 0.1) is 4.47 Å². The van der Waals surface area contributed by atoms with Crippen molar-refractivity contribution in [3.05, 3.63) is 16.6 Å². The van der Waals surface area contributed by atoms with Crippen molar-refractivity contribution in [3.8, 4) is 0 Å². The molecule has 1 aliphatic heterocycles. The molecular weight excluding hydrogens is 254 g/mol. The average molecular weight is 270 g/mol. The van der Waals surface area contributed by atoms with Gasteiger partial charge in [-0.15, -0.1) is 0 Å². The Morgan fingerprint density at radius 1 is 1.40 bits per heavy atom. The summed E-state index contributed by atoms with van der Waals surface area (Å²) >= 11 is 3.52. The first kappa shape index (κ1) is 10.7. The zero-order valence-corrected chi connectivity index (χ0v) is 10.5. The van der Waals surface area contributed by atoms with Crippen LogP contribution in [0.5, 0.6) is 0 Å². The minimum atomic E-state index is 0.590. The Balaban J connectivity index is 2.18. The molecule has 1 aromatic rings. The Hall–Kier alpha value is -0.770. The fourth-order valence-electron chi connectivity index (χ4n) is 1.89. The molecule has 4 heteroatoms. The number of piperidine rings is 1. The van der Waals surface area contributed by atoms with Crippen molar-refractivity contribution in [2.75, 3.05) is 23.7 Å². The Morgan fingerprint density at radius 2 is 2.07 bits per heavy atom. The van der Waals surface area contributed by atoms with Crippen LogP contribution in [0.1, 0.15) is 19.8 Å². The van der Waals surface area contributed by atoms with Gasteiger partial charge < -0.3 is 10.6 Å². The van der Waals surface area contributed by atoms with Crippen molar-refractivity contribution in [1.82, 2.24) is 4.98 Å². The van der Waals surface area contributed by atoms with Crippen LogP contribution < -0.4 is 10.6 Å². The Bertz CT molecular complexity index is 346. The van der Waals surface area contributed by atoms with Crippen LogP contribution in [-0.4, -0.2) is 18.1 Å². The summed E-state index contributed by atoms with van der Waals surface area (Å²) in [6, 6.07) is 3.79. The highest BCUT2D eigenvalue weighted by molar-refractivity contribution is 9.10. The standard InChI is InChI=1S/C11H16BrN3/c1-8-4-6-15(7-5-8)11-9(12)2-3-10(13)14-11/h2-3,8H,4-7H2,1H3,(H2,13,14). The van der Waals surface area contributed by atoms with Gasteiger partial charge >= 0.3 is 0 Å². The van der Waals surface area contributed by atoms with E-state index in [4.69, 9.17) is 5.73 Å². The SMILES string of the molecule is CC1CCN(c2nc(N)ccc2Br)CC1. The van der Waals surface area contributed by atoms with E-state index in [1.807, 2.05) is 12.1 Å². The smallest absolute Gasteiger partial charge is 0.145 e. The molecule has 0 aliphatic carbocycles. The van der Waals surface area contributed by atoms with E-state index in [0.29, 0.717) is 5.82 Å². The predicted molar refractivity (Wildman–Crippen MR) is 67.0 cm³/mol. The third-order valence-electron chi connectivity index (χ3n) is 2.93. The molecule has 82 valence electrons. The fraction of sp³-hybridized carbons (Fsp3) is 0.545. The van der Waals surface area contributed by atoms with Crippen LogP contribution in [0.4, 0.5) is 11.6 Å². The van der Waals surface area contributed by atoms with Crippen molar-refractivity contribution in [3.63, 3.8) is 0 Å². The predicted octanol–water partition coefficient (Wildman–Crippen LogP) is 2.66. The molecule has 0 unspecified atom stereocenters. The van der Waals surface area contributed by atoms with E-state index < -0.39 is 0 Å². The van der Waals surface area contributed by atoms with Gasteiger partial charge in [-0.3, -0.25) is 0 Å². The summed E-state index contributed by atoms with van der Waals surface area (Å²) in [5.74, 6) is 2.41. The molecule has 1 fully saturated rings. The molecule has 15 heavy (non-hydrogen) atoms. The normalized spacial score (nSPS) is 18.1. The van der Waals surface area contributed by atoms with Crippen molar-refractivity contribution in [2.45, 2.75) is 19.8 Å². The Kier molecular flexibility index (Phi) is 3.14. The highest BCUT2D eigenvalue weighted by atomic mass is 79.9. The van der Waals surface area contributed by atoms with Gasteiger partial charge in [-0.05, 0) is 46.8 Å². The maximum Gasteiger partial charge on any atom is 0.145 e. The highest BCUT2D eigenvalue weighted by Gasteiger charge is 2.18. The second-order valence-electron chi connectivity index (χ2n) is 4.21. The number of nitrogens with zero attached hydrogens (tertiary/aromatic N) is 2. The monoisotopic (exact) mass is 269 g/mol. The second-order valence-corrected chi connectivity index (χ2v) is 5.07. The number of halogens is 1. The van der Waals surface area contributed by atoms with Crippen LogP contribution >= 0.6 is 15.9 Å². The number of hydrogen-bond acceptors (Lipinski definition) is 3. The average Bonchev–Trinajstić information content (AvgIpc) is 2.23. The van der Waals surface area contributed by atoms with Crippen molar-refractivity contribution in [1.29, 1.82) is 0 Å². The number of hydrogen-bond donors (Lipinski definition) is 1. The molecule has 0 amide bonds. The minimum Gasteiger partial charge on any atom is -0.384 e. The van der Waals surface area contributed by atoms with Crippen LogP contribution in [0.25, 0.3) is 0 Å². The lowest BCUT2D eigenvalue weighted by Crippen LogP contribution is -2.33. The molecular formula is C11H16BrN3. The van der Waals surface area contributed by atoms with E-state index in [9.17, 15) is 0 Å². The number of aromatic nitrogens is 1. The summed E-state index contributed by atoms with van der Waals surface area (Å²) in [6.07, 6.45) is 2.48. The van der Waals surface area contributed by atoms with Gasteiger partial charge in [-0.1, -0.05) is 6.92 Å². The van der Waals surface area contributed by atoms with Crippen molar-refractivity contribution < 1.29 is 0 Å². The highest BCUT2D eigenvalue weighted by Crippen LogP contribution is 2.28. The lowest BCUT2D eigenvalue weighted by Gasteiger charge is -2.31. The molecule has 0 aromatic carbocycles. The summed E-state index contributed by atoms with van der Waals surface area (Å²) in [6.45, 7) is 4.46. The van der Waals surface area contributed by atoms with E-state index in [2.05, 4.69) is 32.7 Å². The van der Waals surface area contributed by atoms with E-state index >= 15 is 0 Å². The molecule has 0 atom stereocenters. The minimum absolute atomic E-state index is 0.590. The van der Waals surface area contributed by atoms with Crippen LogP contribution in [0, 0.1) is 5.92 Å². The van der Waals surface area contributed by atoms with Gasteiger partial charge in [0.25, 0.3) is 0 Å². The van der Waals surface area contributed by atoms with Gasteiger partial charge in [0, 0.05) is 13.1 Å². The lowest BCUT2D eigenvalue weighted by molar-refractivity contribution is 0.436. The maximum atomic E-state index is 5.70. The number of rotatable bonds is 1. The third-order valence-corrected chi connectivity index (χ3v) is 3.55. The summed E-state index contributed by atoms with van der Waals surface area (Å²) in [7, 11) is 0. The van der Waals surface area contributed by atoms with Gasteiger partial charge in [-0.2, -0.15) is 0 Å². The van der Waals surface area contributed by atoms with Crippen LogP contribution in [0.3, 0.4) is 0 Å². The summed E-state index contributed by atoms with van der Waals surface area (Å²) in [5.41, 5.74) is 5.70. The molecule has 3 nitrogen and oxygen atoms in total. The van der Waals surface area contributed by atoms with Gasteiger partial charge in [-0.25, -0.2) is 4.98 Å². The molecule has 0 bridgehead atoms. The zero-order valence-electron chi connectivity index (χ0n) is 8.91. The molecule has 0 spiro atoms. The van der Waals surface area contributed by atoms with Crippen molar-refractivity contribution in [2.24, 2.45) is 5.92 Å². The van der Waals surface area contributed by atoms with Gasteiger partial charge in [0.1, 0.15) is 11.6 Å². The molecule has 1 saturated heterocycles. The van der Waals surface area contributed by atoms with Crippen molar-refractivity contribution >= 4 is 27.6 Å². The summed E-state index contributed by atoms with van der Waals surface area (Å²) in [4.78, 5) is 6.68. The molecule has 1 aliphatic rings. The van der Waals surface area contributed by atoms with Crippen LogP contribution in [-0.2, 0) is 0 Å². The number of nitrogen functional groups attached to an aromatic ring is 1. The summed E-state index contributed by atoms with van der Waals surface area (Å²) in [5, 5.41) is 0. The number of anilines is 2. The van der Waals surface area contributed by atoms with E-state index in [1.54, 1.807) is 0 Å². The Morgan fingerprint density at radius 3 is 2.73 bits per heavy atom. The fourth-order valence-corrected chi connectivity index (χ4v) is 2.36. The largest absolute Gasteiger partial charge is 0.384 e. The number of nitrogens with two attached hydrogens (primary N) is 1. The first-order valence-electron chi connectivity index (χ1n) is 5.34. The van der Waals surface area contributed by atoms with Crippen LogP contribution in [0.15, 0.2) is 16.6 Å². The van der Waals surface area contributed by atoms with E-state index in [1.165, 1.54) is 12.8 Å². The zero-order chi connectivity index (χ0) is 10.8. The maximum absolute atomic E-state index is 5.70. The lowest BCUT2D eigenvalue weighted by atomic mass is 9.99. The Labute approximate surface area is 98.8 Å². The first-order valence-corrected chi connectivity index (χ1v) is 6.13. The quantitative estimate of drug-likeness (QED) is 0.853. The third kappa shape index (κ3) is 2.43. The second kappa shape index (κ2) is 4.39. The molecule has 2 rings (SSSR count). The number of pyridine rings is 1. The van der Waals surface area contributed by atoms with E-state index in [-0.39, 0.29) is 0 Å². The molecule has 0 radical (unpaired) electrons.